The first kappa shape index (κ1) is 14.9. The van der Waals surface area contributed by atoms with Crippen LogP contribution < -0.4 is 4.74 Å². The van der Waals surface area contributed by atoms with Crippen molar-refractivity contribution in [3.63, 3.8) is 0 Å². The summed E-state index contributed by atoms with van der Waals surface area (Å²) < 4.78 is 7.46. The minimum atomic E-state index is 0.0189. The van der Waals surface area contributed by atoms with Gasteiger partial charge in [-0.25, -0.2) is 14.6 Å². The number of carbonyl (C=O) groups excluding carboxylic acids is 1. The van der Waals surface area contributed by atoms with E-state index >= 15 is 0 Å². The fraction of sp³-hybridized carbons (Fsp3) is 0.176. The molecule has 0 atom stereocenters. The van der Waals surface area contributed by atoms with Crippen LogP contribution in [0.4, 0.5) is 0 Å². The Balaban J connectivity index is 1.85. The van der Waals surface area contributed by atoms with Crippen molar-refractivity contribution in [2.75, 3.05) is 0 Å². The van der Waals surface area contributed by atoms with Crippen molar-refractivity contribution in [3.8, 4) is 17.4 Å². The molecular weight excluding hydrogens is 292 g/mol. The maximum atomic E-state index is 11.3. The van der Waals surface area contributed by atoms with E-state index in [1.807, 2.05) is 19.9 Å². The molecule has 0 fully saturated rings. The lowest BCUT2D eigenvalue weighted by Gasteiger charge is -2.07. The number of carbonyl (C=O) groups is 1. The fourth-order valence-corrected chi connectivity index (χ4v) is 2.24. The Morgan fingerprint density at radius 2 is 1.83 bits per heavy atom. The molecule has 0 radical (unpaired) electrons. The van der Waals surface area contributed by atoms with E-state index in [1.165, 1.54) is 13.3 Å². The Morgan fingerprint density at radius 1 is 1.09 bits per heavy atom. The Labute approximate surface area is 133 Å². The quantitative estimate of drug-likeness (QED) is 0.692. The van der Waals surface area contributed by atoms with Gasteiger partial charge in [0.05, 0.1) is 5.69 Å². The summed E-state index contributed by atoms with van der Waals surface area (Å²) in [6, 6.07) is 10.6. The number of hydrogen-bond donors (Lipinski definition) is 0. The van der Waals surface area contributed by atoms with E-state index in [2.05, 4.69) is 15.1 Å². The molecule has 0 aliphatic heterocycles. The topological polar surface area (TPSA) is 69.9 Å². The van der Waals surface area contributed by atoms with Crippen LogP contribution in [-0.4, -0.2) is 25.5 Å². The average molecular weight is 308 g/mol. The zero-order chi connectivity index (χ0) is 16.4. The summed E-state index contributed by atoms with van der Waals surface area (Å²) in [6.07, 6.45) is 1.44. The lowest BCUT2D eigenvalue weighted by molar-refractivity contribution is 0.101. The lowest BCUT2D eigenvalue weighted by Crippen LogP contribution is -2.03. The number of ether oxygens (including phenoxy) is 1. The standard InChI is InChI=1S/C17H16N4O2/c1-11-8-12(2)21(20-11)16-9-17(19-10-18-16)23-15-6-4-14(5-7-15)13(3)22/h4-10H,1-3H3. The first-order valence-corrected chi connectivity index (χ1v) is 7.17. The lowest BCUT2D eigenvalue weighted by atomic mass is 10.1. The predicted octanol–water partition coefficient (Wildman–Crippen LogP) is 3.27. The van der Waals surface area contributed by atoms with Gasteiger partial charge in [-0.2, -0.15) is 5.10 Å². The third-order valence-corrected chi connectivity index (χ3v) is 3.34. The molecule has 6 nitrogen and oxygen atoms in total. The Kier molecular flexibility index (Phi) is 3.89. The van der Waals surface area contributed by atoms with Gasteiger partial charge in [-0.05, 0) is 51.1 Å². The van der Waals surface area contributed by atoms with E-state index in [1.54, 1.807) is 35.0 Å². The van der Waals surface area contributed by atoms with Gasteiger partial charge in [0.15, 0.2) is 11.6 Å². The molecule has 0 amide bonds. The van der Waals surface area contributed by atoms with Gasteiger partial charge in [-0.1, -0.05) is 0 Å². The van der Waals surface area contributed by atoms with Gasteiger partial charge in [-0.3, -0.25) is 4.79 Å². The van der Waals surface area contributed by atoms with Gasteiger partial charge in [0.25, 0.3) is 0 Å². The van der Waals surface area contributed by atoms with Crippen molar-refractivity contribution in [3.05, 3.63) is 59.7 Å². The van der Waals surface area contributed by atoms with E-state index < -0.39 is 0 Å². The van der Waals surface area contributed by atoms with E-state index in [4.69, 9.17) is 4.74 Å². The van der Waals surface area contributed by atoms with Crippen LogP contribution in [0.5, 0.6) is 11.6 Å². The fourth-order valence-electron chi connectivity index (χ4n) is 2.24. The Hall–Kier alpha value is -3.02. The number of hydrogen-bond acceptors (Lipinski definition) is 5. The van der Waals surface area contributed by atoms with E-state index in [9.17, 15) is 4.79 Å². The van der Waals surface area contributed by atoms with Gasteiger partial charge in [0.2, 0.25) is 5.88 Å². The summed E-state index contributed by atoms with van der Waals surface area (Å²) in [5.74, 6) is 1.68. The number of Topliss-reactive ketones (excluding diaryl/α,β-unsaturated/α-hetero) is 1. The van der Waals surface area contributed by atoms with Crippen molar-refractivity contribution < 1.29 is 9.53 Å². The number of aromatic nitrogens is 4. The SMILES string of the molecule is CC(=O)c1ccc(Oc2cc(-n3nc(C)cc3C)ncn2)cc1. The van der Waals surface area contributed by atoms with Gasteiger partial charge in [0.1, 0.15) is 12.1 Å². The van der Waals surface area contributed by atoms with E-state index in [0.29, 0.717) is 23.0 Å². The van der Waals surface area contributed by atoms with Crippen molar-refractivity contribution in [1.82, 2.24) is 19.7 Å². The largest absolute Gasteiger partial charge is 0.439 e. The Bertz CT molecular complexity index is 853. The molecular formula is C17H16N4O2. The van der Waals surface area contributed by atoms with Crippen LogP contribution in [0, 0.1) is 13.8 Å². The average Bonchev–Trinajstić information content (AvgIpc) is 2.87. The zero-order valence-electron chi connectivity index (χ0n) is 13.1. The first-order valence-electron chi connectivity index (χ1n) is 7.17. The van der Waals surface area contributed by atoms with Crippen LogP contribution in [0.1, 0.15) is 28.7 Å². The molecule has 0 saturated heterocycles. The summed E-state index contributed by atoms with van der Waals surface area (Å²) in [5, 5.41) is 4.39. The zero-order valence-corrected chi connectivity index (χ0v) is 13.1. The molecule has 1 aromatic carbocycles. The molecule has 0 aliphatic rings. The molecule has 2 heterocycles. The van der Waals surface area contributed by atoms with Gasteiger partial charge >= 0.3 is 0 Å². The van der Waals surface area contributed by atoms with E-state index in [-0.39, 0.29) is 5.78 Å². The second-order valence-corrected chi connectivity index (χ2v) is 5.24. The molecule has 3 aromatic rings. The second kappa shape index (κ2) is 6.00. The summed E-state index contributed by atoms with van der Waals surface area (Å²) in [5.41, 5.74) is 2.55. The minimum Gasteiger partial charge on any atom is -0.439 e. The van der Waals surface area contributed by atoms with Crippen LogP contribution in [-0.2, 0) is 0 Å². The molecule has 0 saturated carbocycles. The molecule has 3 rings (SSSR count). The third kappa shape index (κ3) is 3.26. The summed E-state index contributed by atoms with van der Waals surface area (Å²) >= 11 is 0. The van der Waals surface area contributed by atoms with Crippen molar-refractivity contribution >= 4 is 5.78 Å². The van der Waals surface area contributed by atoms with Gasteiger partial charge in [0, 0.05) is 17.3 Å². The second-order valence-electron chi connectivity index (χ2n) is 5.24. The number of ketones is 1. The highest BCUT2D eigenvalue weighted by atomic mass is 16.5. The molecule has 0 spiro atoms. The van der Waals surface area contributed by atoms with Gasteiger partial charge in [-0.15, -0.1) is 0 Å². The number of benzene rings is 1. The molecule has 0 unspecified atom stereocenters. The van der Waals surface area contributed by atoms with Crippen LogP contribution in [0.3, 0.4) is 0 Å². The van der Waals surface area contributed by atoms with Crippen molar-refractivity contribution in [1.29, 1.82) is 0 Å². The Morgan fingerprint density at radius 3 is 2.43 bits per heavy atom. The summed E-state index contributed by atoms with van der Waals surface area (Å²) in [7, 11) is 0. The highest BCUT2D eigenvalue weighted by molar-refractivity contribution is 5.94. The smallest absolute Gasteiger partial charge is 0.224 e. The molecule has 0 bridgehead atoms. The summed E-state index contributed by atoms with van der Waals surface area (Å²) in [6.45, 7) is 5.42. The highest BCUT2D eigenvalue weighted by Gasteiger charge is 2.08. The third-order valence-electron chi connectivity index (χ3n) is 3.34. The predicted molar refractivity (Wildman–Crippen MR) is 85.1 cm³/mol. The maximum Gasteiger partial charge on any atom is 0.224 e. The van der Waals surface area contributed by atoms with Crippen LogP contribution in [0.15, 0.2) is 42.7 Å². The molecule has 0 aliphatic carbocycles. The molecule has 23 heavy (non-hydrogen) atoms. The van der Waals surface area contributed by atoms with Crippen molar-refractivity contribution in [2.24, 2.45) is 0 Å². The molecule has 116 valence electrons. The highest BCUT2D eigenvalue weighted by Crippen LogP contribution is 2.21. The molecule has 0 N–H and O–H groups in total. The minimum absolute atomic E-state index is 0.0189. The van der Waals surface area contributed by atoms with Crippen LogP contribution >= 0.6 is 0 Å². The normalized spacial score (nSPS) is 10.6. The first-order chi connectivity index (χ1) is 11.0. The van der Waals surface area contributed by atoms with E-state index in [0.717, 1.165) is 11.4 Å². The number of nitrogens with zero attached hydrogens (tertiary/aromatic N) is 4. The molecule has 6 heteroatoms. The number of aryl methyl sites for hydroxylation is 2. The number of rotatable bonds is 4. The maximum absolute atomic E-state index is 11.3. The summed E-state index contributed by atoms with van der Waals surface area (Å²) in [4.78, 5) is 19.6. The van der Waals surface area contributed by atoms with Gasteiger partial charge < -0.3 is 4.74 Å². The molecule has 2 aromatic heterocycles. The van der Waals surface area contributed by atoms with Crippen LogP contribution in [0.2, 0.25) is 0 Å². The monoisotopic (exact) mass is 308 g/mol. The van der Waals surface area contributed by atoms with Crippen LogP contribution in [0.25, 0.3) is 5.82 Å². The van der Waals surface area contributed by atoms with Crippen molar-refractivity contribution in [2.45, 2.75) is 20.8 Å².